The van der Waals surface area contributed by atoms with Gasteiger partial charge in [-0.3, -0.25) is 4.79 Å². The summed E-state index contributed by atoms with van der Waals surface area (Å²) in [5.74, 6) is -0.811. The molecule has 2 rings (SSSR count). The van der Waals surface area contributed by atoms with Crippen molar-refractivity contribution < 1.29 is 14.3 Å². The normalized spacial score (nSPS) is 12.8. The Bertz CT molecular complexity index is 480. The number of hydrogen-bond donors (Lipinski definition) is 1. The van der Waals surface area contributed by atoms with E-state index < -0.39 is 11.3 Å². The highest BCUT2D eigenvalue weighted by molar-refractivity contribution is 7.99. The first-order valence-electron chi connectivity index (χ1n) is 4.52. The van der Waals surface area contributed by atoms with E-state index in [-0.39, 0.29) is 5.75 Å². The lowest BCUT2D eigenvalue weighted by Crippen LogP contribution is -2.15. The van der Waals surface area contributed by atoms with Crippen LogP contribution in [0.3, 0.4) is 0 Å². The highest BCUT2D eigenvalue weighted by Crippen LogP contribution is 2.24. The molecule has 0 saturated carbocycles. The highest BCUT2D eigenvalue weighted by atomic mass is 35.5. The minimum atomic E-state index is -1.04. The van der Waals surface area contributed by atoms with E-state index >= 15 is 0 Å². The van der Waals surface area contributed by atoms with Crippen LogP contribution in [0.1, 0.15) is 0 Å². The first-order chi connectivity index (χ1) is 7.66. The van der Waals surface area contributed by atoms with Crippen molar-refractivity contribution >= 4 is 40.4 Å². The quantitative estimate of drug-likeness (QED) is 0.674. The maximum absolute atomic E-state index is 10.5. The van der Waals surface area contributed by atoms with E-state index in [2.05, 4.69) is 4.98 Å². The van der Waals surface area contributed by atoms with Crippen LogP contribution in [0.5, 0.6) is 0 Å². The SMILES string of the molecule is O=C(O)[C@H](Cl)CSc1nc2ccccc2o1. The van der Waals surface area contributed by atoms with Crippen LogP contribution in [-0.2, 0) is 4.79 Å². The summed E-state index contributed by atoms with van der Waals surface area (Å²) in [6.07, 6.45) is 0. The first-order valence-corrected chi connectivity index (χ1v) is 5.94. The molecule has 1 aromatic carbocycles. The number of aromatic nitrogens is 1. The molecule has 0 aliphatic heterocycles. The molecule has 4 nitrogen and oxygen atoms in total. The van der Waals surface area contributed by atoms with Gasteiger partial charge in [0.25, 0.3) is 5.22 Å². The third kappa shape index (κ3) is 2.48. The van der Waals surface area contributed by atoms with Gasteiger partial charge in [-0.15, -0.1) is 11.6 Å². The first kappa shape index (κ1) is 11.3. The fourth-order valence-corrected chi connectivity index (χ4v) is 2.06. The van der Waals surface area contributed by atoms with E-state index in [4.69, 9.17) is 21.1 Å². The number of halogens is 1. The van der Waals surface area contributed by atoms with Gasteiger partial charge in [0, 0.05) is 5.75 Å². The molecule has 0 aliphatic rings. The second-order valence-corrected chi connectivity index (χ2v) is 4.56. The summed E-state index contributed by atoms with van der Waals surface area (Å²) >= 11 is 6.77. The molecule has 0 unspecified atom stereocenters. The molecule has 0 radical (unpaired) electrons. The molecule has 0 saturated heterocycles. The molecule has 1 N–H and O–H groups in total. The Morgan fingerprint density at radius 2 is 2.31 bits per heavy atom. The Balaban J connectivity index is 2.07. The van der Waals surface area contributed by atoms with Crippen LogP contribution >= 0.6 is 23.4 Å². The van der Waals surface area contributed by atoms with Crippen LogP contribution in [0.25, 0.3) is 11.1 Å². The zero-order valence-electron chi connectivity index (χ0n) is 8.09. The number of fused-ring (bicyclic) bond motifs is 1. The van der Waals surface area contributed by atoms with Crippen LogP contribution in [0.15, 0.2) is 33.9 Å². The monoisotopic (exact) mass is 257 g/mol. The standard InChI is InChI=1S/C10H8ClNO3S/c11-6(9(13)14)5-16-10-12-7-3-1-2-4-8(7)15-10/h1-4,6H,5H2,(H,13,14)/t6-/m1/s1. The molecular formula is C10H8ClNO3S. The number of carboxylic acids is 1. The molecule has 0 amide bonds. The van der Waals surface area contributed by atoms with Gasteiger partial charge in [-0.25, -0.2) is 4.98 Å². The number of carbonyl (C=O) groups is 1. The van der Waals surface area contributed by atoms with E-state index in [1.807, 2.05) is 24.3 Å². The second-order valence-electron chi connectivity index (χ2n) is 3.06. The van der Waals surface area contributed by atoms with E-state index in [1.54, 1.807) is 0 Å². The number of benzene rings is 1. The summed E-state index contributed by atoms with van der Waals surface area (Å²) in [6, 6.07) is 7.35. The molecule has 6 heteroatoms. The van der Waals surface area contributed by atoms with Crippen molar-refractivity contribution in [2.75, 3.05) is 5.75 Å². The van der Waals surface area contributed by atoms with Gasteiger partial charge in [0.05, 0.1) is 0 Å². The summed E-state index contributed by atoms with van der Waals surface area (Å²) in [7, 11) is 0. The lowest BCUT2D eigenvalue weighted by Gasteiger charge is -1.99. The number of aliphatic carboxylic acids is 1. The van der Waals surface area contributed by atoms with Gasteiger partial charge in [0.2, 0.25) is 0 Å². The van der Waals surface area contributed by atoms with Gasteiger partial charge >= 0.3 is 5.97 Å². The van der Waals surface area contributed by atoms with Gasteiger partial charge in [-0.2, -0.15) is 0 Å². The van der Waals surface area contributed by atoms with E-state index in [1.165, 1.54) is 11.8 Å². The van der Waals surface area contributed by atoms with Crippen LogP contribution in [0, 0.1) is 0 Å². The van der Waals surface area contributed by atoms with Gasteiger partial charge in [-0.05, 0) is 12.1 Å². The Hall–Kier alpha value is -1.20. The largest absolute Gasteiger partial charge is 0.480 e. The van der Waals surface area contributed by atoms with Crippen LogP contribution in [0.2, 0.25) is 0 Å². The lowest BCUT2D eigenvalue weighted by molar-refractivity contribution is -0.136. The van der Waals surface area contributed by atoms with Crippen molar-refractivity contribution in [3.05, 3.63) is 24.3 Å². The van der Waals surface area contributed by atoms with Crippen molar-refractivity contribution in [2.24, 2.45) is 0 Å². The Morgan fingerprint density at radius 1 is 1.56 bits per heavy atom. The molecule has 0 fully saturated rings. The number of nitrogens with zero attached hydrogens (tertiary/aromatic N) is 1. The summed E-state index contributed by atoms with van der Waals surface area (Å²) in [5, 5.41) is 8.11. The zero-order chi connectivity index (χ0) is 11.5. The molecule has 1 heterocycles. The number of oxazole rings is 1. The number of carboxylic acid groups (broad SMARTS) is 1. The van der Waals surface area contributed by atoms with Crippen molar-refractivity contribution in [1.82, 2.24) is 4.98 Å². The van der Waals surface area contributed by atoms with Gasteiger partial charge in [0.1, 0.15) is 10.9 Å². The molecule has 16 heavy (non-hydrogen) atoms. The second kappa shape index (κ2) is 4.76. The van der Waals surface area contributed by atoms with Gasteiger partial charge in [-0.1, -0.05) is 23.9 Å². The van der Waals surface area contributed by atoms with E-state index in [9.17, 15) is 4.79 Å². The summed E-state index contributed by atoms with van der Waals surface area (Å²) in [4.78, 5) is 14.7. The average molecular weight is 258 g/mol. The highest BCUT2D eigenvalue weighted by Gasteiger charge is 2.15. The van der Waals surface area contributed by atoms with Crippen LogP contribution < -0.4 is 0 Å². The van der Waals surface area contributed by atoms with E-state index in [0.29, 0.717) is 10.8 Å². The maximum Gasteiger partial charge on any atom is 0.322 e. The molecule has 1 aromatic heterocycles. The average Bonchev–Trinajstić information content (AvgIpc) is 2.68. The third-order valence-corrected chi connectivity index (χ3v) is 3.34. The van der Waals surface area contributed by atoms with Crippen LogP contribution in [-0.4, -0.2) is 27.2 Å². The minimum Gasteiger partial charge on any atom is -0.480 e. The van der Waals surface area contributed by atoms with Gasteiger partial charge < -0.3 is 9.52 Å². The van der Waals surface area contributed by atoms with Crippen molar-refractivity contribution in [2.45, 2.75) is 10.6 Å². The Morgan fingerprint density at radius 3 is 3.00 bits per heavy atom. The topological polar surface area (TPSA) is 63.3 Å². The Labute approximate surface area is 101 Å². The number of rotatable bonds is 4. The van der Waals surface area contributed by atoms with E-state index in [0.717, 1.165) is 5.52 Å². The fourth-order valence-electron chi connectivity index (χ4n) is 1.13. The fraction of sp³-hybridized carbons (Fsp3) is 0.200. The molecule has 0 aliphatic carbocycles. The Kier molecular flexibility index (Phi) is 3.36. The maximum atomic E-state index is 10.5. The summed E-state index contributed by atoms with van der Waals surface area (Å²) in [5.41, 5.74) is 1.44. The third-order valence-electron chi connectivity index (χ3n) is 1.90. The molecule has 1 atom stereocenters. The molecule has 84 valence electrons. The van der Waals surface area contributed by atoms with Crippen LogP contribution in [0.4, 0.5) is 0 Å². The molecular weight excluding hydrogens is 250 g/mol. The molecule has 0 bridgehead atoms. The summed E-state index contributed by atoms with van der Waals surface area (Å²) < 4.78 is 5.40. The number of hydrogen-bond acceptors (Lipinski definition) is 4. The summed E-state index contributed by atoms with van der Waals surface area (Å²) in [6.45, 7) is 0. The lowest BCUT2D eigenvalue weighted by atomic mass is 10.3. The molecule has 0 spiro atoms. The van der Waals surface area contributed by atoms with Crippen molar-refractivity contribution in [1.29, 1.82) is 0 Å². The van der Waals surface area contributed by atoms with Gasteiger partial charge in [0.15, 0.2) is 5.58 Å². The zero-order valence-corrected chi connectivity index (χ0v) is 9.66. The van der Waals surface area contributed by atoms with Crippen molar-refractivity contribution in [3.8, 4) is 0 Å². The predicted molar refractivity (Wildman–Crippen MR) is 62.0 cm³/mol. The number of thioether (sulfide) groups is 1. The predicted octanol–water partition coefficient (Wildman–Crippen LogP) is 2.61. The number of alkyl halides is 1. The smallest absolute Gasteiger partial charge is 0.322 e. The minimum absolute atomic E-state index is 0.226. The van der Waals surface area contributed by atoms with Crippen molar-refractivity contribution in [3.63, 3.8) is 0 Å². The number of para-hydroxylation sites is 2. The molecule has 2 aromatic rings.